The molecule has 0 aliphatic carbocycles. The molecule has 0 spiro atoms. The molecule has 0 radical (unpaired) electrons. The molecule has 0 saturated heterocycles. The monoisotopic (exact) mass is 400 g/mol. The molecule has 23 heavy (non-hydrogen) atoms. The first kappa shape index (κ1) is 23.3. The van der Waals surface area contributed by atoms with Gasteiger partial charge in [0.15, 0.2) is 0 Å². The van der Waals surface area contributed by atoms with Gasteiger partial charge in [-0.15, -0.1) is 0 Å². The van der Waals surface area contributed by atoms with Crippen molar-refractivity contribution in [3.63, 3.8) is 0 Å². The van der Waals surface area contributed by atoms with Gasteiger partial charge in [-0.1, -0.05) is 0 Å². The van der Waals surface area contributed by atoms with Crippen LogP contribution in [0.15, 0.2) is 0 Å². The Kier molecular flexibility index (Phi) is 11.9. The van der Waals surface area contributed by atoms with Gasteiger partial charge in [-0.05, 0) is 6.42 Å². The molecule has 140 valence electrons. The van der Waals surface area contributed by atoms with Crippen molar-refractivity contribution >= 4 is 26.4 Å². The summed E-state index contributed by atoms with van der Waals surface area (Å²) >= 11 is 0. The number of rotatable bonds is 14. The molecule has 11 nitrogen and oxygen atoms in total. The molecule has 0 amide bonds. The van der Waals surface area contributed by atoms with Crippen molar-refractivity contribution in [2.24, 2.45) is 0 Å². The maximum absolute atomic E-state index is 11.1. The lowest BCUT2D eigenvalue weighted by Crippen LogP contribution is -2.25. The number of phosphoric acid groups is 2. The highest BCUT2D eigenvalue weighted by Gasteiger charge is 2.16. The van der Waals surface area contributed by atoms with Gasteiger partial charge in [0.1, 0.15) is 0 Å². The van der Waals surface area contributed by atoms with E-state index >= 15 is 0 Å². The van der Waals surface area contributed by atoms with Gasteiger partial charge in [0.2, 0.25) is 0 Å². The van der Waals surface area contributed by atoms with Crippen molar-refractivity contribution in [2.45, 2.75) is 12.5 Å². The summed E-state index contributed by atoms with van der Waals surface area (Å²) in [6, 6.07) is 0. The molecule has 0 aliphatic rings. The normalized spacial score (nSPS) is 15.5. The van der Waals surface area contributed by atoms with Gasteiger partial charge in [-0.25, -0.2) is 9.13 Å². The minimum Gasteiger partial charge on any atom is -0.376 e. The van der Waals surface area contributed by atoms with Crippen LogP contribution in [0.2, 0.25) is 0 Å². The molecule has 0 rings (SSSR count). The van der Waals surface area contributed by atoms with E-state index in [1.807, 2.05) is 0 Å². The number of ether oxygens (including phenoxy) is 2. The van der Waals surface area contributed by atoms with E-state index in [1.54, 1.807) is 0 Å². The zero-order chi connectivity index (χ0) is 17.9. The van der Waals surface area contributed by atoms with Crippen LogP contribution in [-0.4, -0.2) is 74.9 Å². The standard InChI is InChI=1S/C9H22O11P2S/c1-23(16)7-2-9(18-4-6-20-22(13,14)15)8-17-3-5-19-21(10,11)12/h9H,2-8H2,1H3,(H2,10,11,12)(H2,13,14,15). The van der Waals surface area contributed by atoms with Crippen LogP contribution < -0.4 is 0 Å². The van der Waals surface area contributed by atoms with E-state index in [0.717, 1.165) is 0 Å². The Morgan fingerprint density at radius 3 is 1.96 bits per heavy atom. The fraction of sp³-hybridized carbons (Fsp3) is 1.00. The van der Waals surface area contributed by atoms with Gasteiger partial charge in [-0.3, -0.25) is 13.3 Å². The molecule has 0 aromatic heterocycles. The summed E-state index contributed by atoms with van der Waals surface area (Å²) in [5.41, 5.74) is 0. The van der Waals surface area contributed by atoms with E-state index in [0.29, 0.717) is 12.2 Å². The van der Waals surface area contributed by atoms with Crippen LogP contribution in [0.3, 0.4) is 0 Å². The van der Waals surface area contributed by atoms with Crippen LogP contribution >= 0.6 is 15.6 Å². The second-order valence-electron chi connectivity index (χ2n) is 4.28. The van der Waals surface area contributed by atoms with E-state index < -0.39 is 32.5 Å². The molecule has 0 fully saturated rings. The lowest BCUT2D eigenvalue weighted by atomic mass is 10.3. The second-order valence-corrected chi connectivity index (χ2v) is 8.31. The Labute approximate surface area is 136 Å². The number of phosphoric ester groups is 2. The predicted molar refractivity (Wildman–Crippen MR) is 80.1 cm³/mol. The van der Waals surface area contributed by atoms with Gasteiger partial charge in [0.25, 0.3) is 0 Å². The highest BCUT2D eigenvalue weighted by atomic mass is 32.2. The topological polar surface area (TPSA) is 169 Å². The molecular formula is C9H22O11P2S. The third kappa shape index (κ3) is 18.5. The van der Waals surface area contributed by atoms with Crippen molar-refractivity contribution < 1.29 is 51.4 Å². The summed E-state index contributed by atoms with van der Waals surface area (Å²) in [7, 11) is -10.1. The number of hydrogen-bond donors (Lipinski definition) is 4. The maximum Gasteiger partial charge on any atom is 0.469 e. The van der Waals surface area contributed by atoms with Crippen LogP contribution in [0.1, 0.15) is 6.42 Å². The first-order valence-corrected chi connectivity index (χ1v) is 11.2. The van der Waals surface area contributed by atoms with E-state index in [4.69, 9.17) is 29.0 Å². The van der Waals surface area contributed by atoms with E-state index in [9.17, 15) is 13.3 Å². The van der Waals surface area contributed by atoms with E-state index in [-0.39, 0.29) is 33.0 Å². The SMILES string of the molecule is CS(=O)CCC(COCCOP(=O)(O)O)OCCOP(=O)(O)O. The second kappa shape index (κ2) is 11.8. The van der Waals surface area contributed by atoms with Crippen LogP contribution in [0.25, 0.3) is 0 Å². The van der Waals surface area contributed by atoms with E-state index in [1.165, 1.54) is 6.26 Å². The highest BCUT2D eigenvalue weighted by molar-refractivity contribution is 7.84. The van der Waals surface area contributed by atoms with Crippen molar-refractivity contribution in [2.75, 3.05) is 45.0 Å². The van der Waals surface area contributed by atoms with Gasteiger partial charge >= 0.3 is 15.6 Å². The lowest BCUT2D eigenvalue weighted by molar-refractivity contribution is -0.0337. The largest absolute Gasteiger partial charge is 0.469 e. The molecule has 2 atom stereocenters. The van der Waals surface area contributed by atoms with Gasteiger partial charge in [-0.2, -0.15) is 0 Å². The van der Waals surface area contributed by atoms with Crippen LogP contribution in [-0.2, 0) is 38.5 Å². The average molecular weight is 400 g/mol. The zero-order valence-electron chi connectivity index (χ0n) is 12.5. The lowest BCUT2D eigenvalue weighted by Gasteiger charge is -2.18. The Hall–Kier alpha value is 0.290. The summed E-state index contributed by atoms with van der Waals surface area (Å²) < 4.78 is 50.9. The minimum atomic E-state index is -4.55. The van der Waals surface area contributed by atoms with Crippen LogP contribution in [0.4, 0.5) is 0 Å². The van der Waals surface area contributed by atoms with Crippen molar-refractivity contribution in [1.29, 1.82) is 0 Å². The van der Waals surface area contributed by atoms with Gasteiger partial charge < -0.3 is 29.0 Å². The van der Waals surface area contributed by atoms with Crippen molar-refractivity contribution in [3.8, 4) is 0 Å². The molecule has 0 aliphatic heterocycles. The van der Waals surface area contributed by atoms with E-state index in [2.05, 4.69) is 9.05 Å². The van der Waals surface area contributed by atoms with Crippen LogP contribution in [0, 0.1) is 0 Å². The molecular weight excluding hydrogens is 378 g/mol. The smallest absolute Gasteiger partial charge is 0.376 e. The Morgan fingerprint density at radius 1 is 0.957 bits per heavy atom. The highest BCUT2D eigenvalue weighted by Crippen LogP contribution is 2.35. The summed E-state index contributed by atoms with van der Waals surface area (Å²) in [5, 5.41) is 0. The molecule has 14 heteroatoms. The fourth-order valence-corrected chi connectivity index (χ4v) is 2.53. The molecule has 0 saturated carbocycles. The molecule has 0 bridgehead atoms. The molecule has 4 N–H and O–H groups in total. The number of hydrogen-bond acceptors (Lipinski definition) is 7. The minimum absolute atomic E-state index is 0.0393. The summed E-state index contributed by atoms with van der Waals surface area (Å²) in [6.45, 7) is -0.777. The summed E-state index contributed by atoms with van der Waals surface area (Å²) in [6.07, 6.45) is 1.38. The maximum atomic E-state index is 11.1. The average Bonchev–Trinajstić information content (AvgIpc) is 2.36. The predicted octanol–water partition coefficient (Wildman–Crippen LogP) is -0.625. The Bertz CT molecular complexity index is 433. The molecule has 0 heterocycles. The molecule has 0 aromatic rings. The fourth-order valence-electron chi connectivity index (χ4n) is 1.31. The Morgan fingerprint density at radius 2 is 1.48 bits per heavy atom. The molecule has 0 aromatic carbocycles. The third-order valence-electron chi connectivity index (χ3n) is 2.21. The van der Waals surface area contributed by atoms with Gasteiger partial charge in [0.05, 0.1) is 39.1 Å². The van der Waals surface area contributed by atoms with Crippen LogP contribution in [0.5, 0.6) is 0 Å². The first-order valence-electron chi connectivity index (χ1n) is 6.39. The quantitative estimate of drug-likeness (QED) is 0.216. The van der Waals surface area contributed by atoms with Crippen molar-refractivity contribution in [3.05, 3.63) is 0 Å². The summed E-state index contributed by atoms with van der Waals surface area (Å²) in [4.78, 5) is 34.0. The third-order valence-corrected chi connectivity index (χ3v) is 4.06. The Balaban J connectivity index is 4.01. The van der Waals surface area contributed by atoms with Gasteiger partial charge in [0, 0.05) is 22.8 Å². The zero-order valence-corrected chi connectivity index (χ0v) is 15.1. The molecule has 2 unspecified atom stereocenters. The summed E-state index contributed by atoms with van der Waals surface area (Å²) in [5.74, 6) is 0.340. The first-order chi connectivity index (χ1) is 10.5. The van der Waals surface area contributed by atoms with Crippen molar-refractivity contribution in [1.82, 2.24) is 0 Å².